The number of carbonyl (C=O) groups is 4. The summed E-state index contributed by atoms with van der Waals surface area (Å²) >= 11 is 1.27. The van der Waals surface area contributed by atoms with E-state index in [9.17, 15) is 29.4 Å². The van der Waals surface area contributed by atoms with Crippen molar-refractivity contribution in [2.45, 2.75) is 109 Å². The van der Waals surface area contributed by atoms with Gasteiger partial charge in [0.25, 0.3) is 11.8 Å². The minimum absolute atomic E-state index is 0. The predicted octanol–water partition coefficient (Wildman–Crippen LogP) is 11.2. The number of carboxylic acid groups (broad SMARTS) is 2. The van der Waals surface area contributed by atoms with E-state index in [1.54, 1.807) is 72.6 Å². The highest BCUT2D eigenvalue weighted by atomic mass is 32.1. The summed E-state index contributed by atoms with van der Waals surface area (Å²) in [6, 6.07) is 24.6. The van der Waals surface area contributed by atoms with Gasteiger partial charge in [-0.15, -0.1) is 11.3 Å². The predicted molar refractivity (Wildman–Crippen MR) is 259 cm³/mol. The summed E-state index contributed by atoms with van der Waals surface area (Å²) in [5.74, 6) is -1.71. The second-order valence-corrected chi connectivity index (χ2v) is 13.0. The largest absolute Gasteiger partial charge is 0.480 e. The van der Waals surface area contributed by atoms with Crippen LogP contribution < -0.4 is 10.6 Å². The second kappa shape index (κ2) is 33.1. The number of aromatic nitrogens is 4. The zero-order valence-corrected chi connectivity index (χ0v) is 37.7. The molecular weight excluding hydrogens is 813 g/mol. The molecule has 0 spiro atoms. The third kappa shape index (κ3) is 20.2. The van der Waals surface area contributed by atoms with Crippen LogP contribution >= 0.6 is 11.3 Å². The summed E-state index contributed by atoms with van der Waals surface area (Å²) < 4.78 is 0. The lowest BCUT2D eigenvalue weighted by molar-refractivity contribution is -0.140. The van der Waals surface area contributed by atoms with Gasteiger partial charge in [-0.05, 0) is 59.7 Å². The average Bonchev–Trinajstić information content (AvgIpc) is 3.86. The minimum Gasteiger partial charge on any atom is -0.480 e. The fourth-order valence-electron chi connectivity index (χ4n) is 5.00. The maximum absolute atomic E-state index is 12.2. The number of carboxylic acids is 2. The molecule has 3 aromatic carbocycles. The SMILES string of the molecule is C.C.CC.CC.CC.CC.Cc1cnc(-c2ccc(CC(NC(=O)c3ccccc3)C(=O)O)cc2)nc1.Cc1cnc(-c2ccc(CC(NC(=O)c3cccs3)C(=O)O)cc2)nc1. The van der Waals surface area contributed by atoms with Gasteiger partial charge < -0.3 is 20.8 Å². The van der Waals surface area contributed by atoms with Crippen molar-refractivity contribution in [3.63, 3.8) is 0 Å². The summed E-state index contributed by atoms with van der Waals surface area (Å²) in [5, 5.41) is 25.8. The van der Waals surface area contributed by atoms with E-state index < -0.39 is 29.9 Å². The summed E-state index contributed by atoms with van der Waals surface area (Å²) in [5.41, 5.74) is 5.69. The topological polar surface area (TPSA) is 184 Å². The molecule has 6 rings (SSSR count). The van der Waals surface area contributed by atoms with Crippen LogP contribution in [0.2, 0.25) is 0 Å². The minimum atomic E-state index is -1.08. The van der Waals surface area contributed by atoms with Crippen molar-refractivity contribution in [1.29, 1.82) is 0 Å². The molecule has 340 valence electrons. The number of nitrogens with one attached hydrogen (secondary N) is 2. The van der Waals surface area contributed by atoms with Crippen molar-refractivity contribution < 1.29 is 29.4 Å². The molecule has 0 fully saturated rings. The molecule has 63 heavy (non-hydrogen) atoms. The number of aliphatic carboxylic acids is 2. The number of aryl methyl sites for hydroxylation is 2. The smallest absolute Gasteiger partial charge is 0.326 e. The van der Waals surface area contributed by atoms with Crippen molar-refractivity contribution >= 4 is 35.1 Å². The highest BCUT2D eigenvalue weighted by Gasteiger charge is 2.22. The van der Waals surface area contributed by atoms with Crippen molar-refractivity contribution in [2.75, 3.05) is 0 Å². The van der Waals surface area contributed by atoms with E-state index in [1.165, 1.54) is 11.3 Å². The molecule has 2 atom stereocenters. The Morgan fingerprint density at radius 1 is 0.524 bits per heavy atom. The van der Waals surface area contributed by atoms with E-state index in [1.807, 2.05) is 118 Å². The lowest BCUT2D eigenvalue weighted by atomic mass is 10.0. The van der Waals surface area contributed by atoms with E-state index in [4.69, 9.17) is 0 Å². The summed E-state index contributed by atoms with van der Waals surface area (Å²) in [4.78, 5) is 65.0. The van der Waals surface area contributed by atoms with E-state index in [0.29, 0.717) is 22.1 Å². The molecule has 6 aromatic rings. The maximum Gasteiger partial charge on any atom is 0.326 e. The highest BCUT2D eigenvalue weighted by molar-refractivity contribution is 7.12. The summed E-state index contributed by atoms with van der Waals surface area (Å²) in [7, 11) is 0. The van der Waals surface area contributed by atoms with Gasteiger partial charge in [-0.25, -0.2) is 29.5 Å². The molecule has 13 heteroatoms. The van der Waals surface area contributed by atoms with Gasteiger partial charge >= 0.3 is 11.9 Å². The van der Waals surface area contributed by atoms with Crippen LogP contribution in [0, 0.1) is 13.8 Å². The van der Waals surface area contributed by atoms with Crippen molar-refractivity contribution in [2.24, 2.45) is 0 Å². The van der Waals surface area contributed by atoms with Crippen LogP contribution in [0.25, 0.3) is 22.8 Å². The summed E-state index contributed by atoms with van der Waals surface area (Å²) in [6.45, 7) is 19.8. The van der Waals surface area contributed by atoms with Gasteiger partial charge in [0, 0.05) is 54.3 Å². The van der Waals surface area contributed by atoms with Crippen LogP contribution in [0.15, 0.2) is 121 Å². The van der Waals surface area contributed by atoms with E-state index >= 15 is 0 Å². The summed E-state index contributed by atoms with van der Waals surface area (Å²) in [6.07, 6.45) is 7.36. The first-order valence-corrected chi connectivity index (χ1v) is 21.4. The normalized spacial score (nSPS) is 10.2. The molecule has 0 bridgehead atoms. The zero-order chi connectivity index (χ0) is 45.7. The molecule has 0 saturated heterocycles. The number of benzene rings is 3. The van der Waals surface area contributed by atoms with Gasteiger partial charge in [-0.2, -0.15) is 0 Å². The van der Waals surface area contributed by atoms with Gasteiger partial charge in [0.1, 0.15) is 12.1 Å². The molecule has 2 unspecified atom stereocenters. The third-order valence-corrected chi connectivity index (χ3v) is 8.72. The molecule has 4 N–H and O–H groups in total. The van der Waals surface area contributed by atoms with E-state index in [0.717, 1.165) is 33.4 Å². The molecule has 0 aliphatic heterocycles. The average molecular weight is 881 g/mol. The Morgan fingerprint density at radius 3 is 1.22 bits per heavy atom. The molecule has 0 saturated carbocycles. The Balaban J connectivity index is 0. The molecule has 3 aromatic heterocycles. The molecule has 0 radical (unpaired) electrons. The number of amides is 2. The Hall–Kier alpha value is -6.60. The fourth-order valence-corrected chi connectivity index (χ4v) is 5.63. The molecular formula is C50H68N6O6S. The standard InChI is InChI=1S/C21H19N3O3.C19H17N3O3S.4C2H6.2CH4/c1-14-12-22-19(23-13-14)16-9-7-15(8-10-16)11-18(21(26)27)24-20(25)17-5-3-2-4-6-17;1-12-10-20-17(21-11-12)14-6-4-13(5-7-14)9-15(19(24)25)22-18(23)16-3-2-8-26-16;4*1-2;;/h2-10,12-13,18H,11H2,1H3,(H,24,25)(H,26,27);2-8,10-11,15H,9H2,1H3,(H,22,23)(H,24,25);4*1-2H3;2*1H4. The van der Waals surface area contributed by atoms with E-state index in [2.05, 4.69) is 30.6 Å². The quantitative estimate of drug-likeness (QED) is 0.0922. The molecule has 3 heterocycles. The Bertz CT molecular complexity index is 2130. The van der Waals surface area contributed by atoms with Crippen LogP contribution in [-0.2, 0) is 22.4 Å². The van der Waals surface area contributed by atoms with Crippen LogP contribution in [0.3, 0.4) is 0 Å². The van der Waals surface area contributed by atoms with Crippen LogP contribution in [0.1, 0.15) is 113 Å². The number of hydrogen-bond acceptors (Lipinski definition) is 9. The van der Waals surface area contributed by atoms with Crippen LogP contribution in [0.5, 0.6) is 0 Å². The number of thiophene rings is 1. The second-order valence-electron chi connectivity index (χ2n) is 12.0. The van der Waals surface area contributed by atoms with Crippen LogP contribution in [0.4, 0.5) is 0 Å². The van der Waals surface area contributed by atoms with Gasteiger partial charge in [-0.1, -0.05) is 143 Å². The molecule has 0 aliphatic rings. The molecule has 12 nitrogen and oxygen atoms in total. The first-order valence-electron chi connectivity index (χ1n) is 20.5. The first kappa shape index (κ1) is 58.5. The number of carbonyl (C=O) groups excluding carboxylic acids is 2. The lowest BCUT2D eigenvalue weighted by Gasteiger charge is -2.15. The monoisotopic (exact) mass is 880 g/mol. The Kier molecular flexibility index (Phi) is 30.7. The number of hydrogen-bond donors (Lipinski definition) is 4. The van der Waals surface area contributed by atoms with Gasteiger partial charge in [-0.3, -0.25) is 9.59 Å². The van der Waals surface area contributed by atoms with Gasteiger partial charge in [0.2, 0.25) is 0 Å². The molecule has 2 amide bonds. The highest BCUT2D eigenvalue weighted by Crippen LogP contribution is 2.18. The maximum atomic E-state index is 12.2. The zero-order valence-electron chi connectivity index (χ0n) is 36.8. The van der Waals surface area contributed by atoms with Crippen molar-refractivity contribution in [1.82, 2.24) is 30.6 Å². The van der Waals surface area contributed by atoms with Crippen molar-refractivity contribution in [3.8, 4) is 22.8 Å². The number of rotatable bonds is 12. The van der Waals surface area contributed by atoms with Crippen LogP contribution in [-0.4, -0.2) is 66.0 Å². The lowest BCUT2D eigenvalue weighted by Crippen LogP contribution is -2.42. The van der Waals surface area contributed by atoms with Crippen molar-refractivity contribution in [3.05, 3.63) is 154 Å². The Morgan fingerprint density at radius 2 is 0.889 bits per heavy atom. The Labute approximate surface area is 379 Å². The third-order valence-electron chi connectivity index (χ3n) is 7.85. The van der Waals surface area contributed by atoms with Gasteiger partial charge in [0.15, 0.2) is 11.6 Å². The molecule has 0 aliphatic carbocycles. The van der Waals surface area contributed by atoms with Gasteiger partial charge in [0.05, 0.1) is 4.88 Å². The number of nitrogens with zero attached hydrogens (tertiary/aromatic N) is 4. The fraction of sp³-hybridized carbons (Fsp3) is 0.320. The van der Waals surface area contributed by atoms with E-state index in [-0.39, 0.29) is 33.6 Å². The first-order chi connectivity index (χ1) is 29.5.